The number of thiophene rings is 1. The lowest BCUT2D eigenvalue weighted by Gasteiger charge is -2.48. The van der Waals surface area contributed by atoms with Crippen molar-refractivity contribution in [3.63, 3.8) is 0 Å². The topological polar surface area (TPSA) is 9.72 Å². The summed E-state index contributed by atoms with van der Waals surface area (Å²) >= 11 is 1.90. The van der Waals surface area contributed by atoms with Crippen LogP contribution < -0.4 is 31.1 Å². The van der Waals surface area contributed by atoms with E-state index >= 15 is 0 Å². The molecule has 364 valence electrons. The zero-order valence-corrected chi connectivity index (χ0v) is 45.8. The van der Waals surface area contributed by atoms with Gasteiger partial charge in [0.1, 0.15) is 0 Å². The first-order chi connectivity index (χ1) is 34.7. The molecule has 0 saturated heterocycles. The summed E-state index contributed by atoms with van der Waals surface area (Å²) in [4.78, 5) is 7.87. The highest BCUT2D eigenvalue weighted by atomic mass is 32.1. The second-order valence-corrected chi connectivity index (χ2v) is 26.7. The number of para-hydroxylation sites is 2. The van der Waals surface area contributed by atoms with E-state index in [0.717, 1.165) is 36.3 Å². The van der Waals surface area contributed by atoms with Crippen molar-refractivity contribution in [1.29, 1.82) is 0 Å². The van der Waals surface area contributed by atoms with Crippen molar-refractivity contribution in [2.45, 2.75) is 129 Å². The molecule has 8 aromatic carbocycles. The average molecular weight is 970 g/mol. The maximum atomic E-state index is 2.75. The van der Waals surface area contributed by atoms with Crippen LogP contribution >= 0.6 is 11.3 Å². The molecule has 13 rings (SSSR count). The second-order valence-electron chi connectivity index (χ2n) is 25.6. The number of nitrogens with zero attached hydrogens (tertiary/aromatic N) is 3. The van der Waals surface area contributed by atoms with Gasteiger partial charge in [-0.2, -0.15) is 0 Å². The van der Waals surface area contributed by atoms with E-state index in [0.29, 0.717) is 0 Å². The van der Waals surface area contributed by atoms with Gasteiger partial charge >= 0.3 is 0 Å². The third-order valence-electron chi connectivity index (χ3n) is 17.7. The van der Waals surface area contributed by atoms with Crippen LogP contribution in [-0.4, -0.2) is 6.71 Å². The summed E-state index contributed by atoms with van der Waals surface area (Å²) in [5.41, 5.74) is 23.8. The van der Waals surface area contributed by atoms with Gasteiger partial charge in [-0.25, -0.2) is 0 Å². The normalized spacial score (nSPS) is 17.5. The van der Waals surface area contributed by atoms with Gasteiger partial charge in [-0.05, 0) is 182 Å². The summed E-state index contributed by atoms with van der Waals surface area (Å²) in [6.07, 6.45) is 3.45. The first kappa shape index (κ1) is 46.2. The molecule has 2 aliphatic carbocycles. The Morgan fingerprint density at radius 1 is 0.466 bits per heavy atom. The Morgan fingerprint density at radius 2 is 1.00 bits per heavy atom. The Bertz CT molecular complexity index is 3700. The maximum absolute atomic E-state index is 2.75. The minimum atomic E-state index is -0.153. The van der Waals surface area contributed by atoms with E-state index in [4.69, 9.17) is 0 Å². The van der Waals surface area contributed by atoms with E-state index < -0.39 is 0 Å². The zero-order chi connectivity index (χ0) is 50.7. The van der Waals surface area contributed by atoms with E-state index in [1.54, 1.807) is 0 Å². The number of anilines is 9. The predicted octanol–water partition coefficient (Wildman–Crippen LogP) is 17.5. The van der Waals surface area contributed by atoms with Crippen LogP contribution in [0.2, 0.25) is 0 Å². The fourth-order valence-corrected chi connectivity index (χ4v) is 15.2. The molecule has 0 N–H and O–H groups in total. The van der Waals surface area contributed by atoms with Gasteiger partial charge < -0.3 is 14.7 Å². The van der Waals surface area contributed by atoms with Gasteiger partial charge in [-0.3, -0.25) is 0 Å². The van der Waals surface area contributed by atoms with Crippen LogP contribution in [0.5, 0.6) is 0 Å². The number of hydrogen-bond donors (Lipinski definition) is 0. The van der Waals surface area contributed by atoms with Crippen molar-refractivity contribution >= 4 is 106 Å². The van der Waals surface area contributed by atoms with Crippen molar-refractivity contribution in [1.82, 2.24) is 0 Å². The van der Waals surface area contributed by atoms with E-state index in [2.05, 4.69) is 256 Å². The van der Waals surface area contributed by atoms with Gasteiger partial charge in [-0.15, -0.1) is 11.3 Å². The molecule has 0 atom stereocenters. The van der Waals surface area contributed by atoms with Crippen LogP contribution in [-0.2, 0) is 27.1 Å². The van der Waals surface area contributed by atoms with Gasteiger partial charge in [0.15, 0.2) is 0 Å². The molecule has 5 heteroatoms. The summed E-state index contributed by atoms with van der Waals surface area (Å²) < 4.78 is 2.62. The number of aryl methyl sites for hydroxylation is 1. The Kier molecular flexibility index (Phi) is 9.97. The highest BCUT2D eigenvalue weighted by molar-refractivity contribution is 7.26. The lowest BCUT2D eigenvalue weighted by molar-refractivity contribution is 0.332. The molecule has 0 fully saturated rings. The lowest BCUT2D eigenvalue weighted by atomic mass is 9.33. The quantitative estimate of drug-likeness (QED) is 0.159. The first-order valence-electron chi connectivity index (χ1n) is 26.8. The lowest BCUT2D eigenvalue weighted by Crippen LogP contribution is -2.62. The molecule has 3 nitrogen and oxygen atoms in total. The standard InChI is InChI=1S/C68H68BN3S/c1-42-34-48-51(68(11,12)41-67(48,9)10)39-55(42)72-57-40-50-49(65(5,6)32-33-66(50,7)8)38-53(57)69-52-31-30-46(70(44-22-15-13-16-23-44)45-24-17-14-18-25-45)37-56(52)71(58-35-43(64(2,3)4)36-59(72)63(58)69)54-27-21-29-61-62(54)47-26-19-20-28-60(47)73-61/h13-31,34-40H,32-33,41H2,1-12H3. The first-order valence-corrected chi connectivity index (χ1v) is 27.6. The van der Waals surface area contributed by atoms with Crippen molar-refractivity contribution < 1.29 is 0 Å². The highest BCUT2D eigenvalue weighted by Gasteiger charge is 2.49. The van der Waals surface area contributed by atoms with Crippen molar-refractivity contribution in [3.8, 4) is 0 Å². The average Bonchev–Trinajstić information content (AvgIpc) is 3.82. The molecule has 4 aliphatic rings. The molecule has 0 saturated carbocycles. The van der Waals surface area contributed by atoms with Gasteiger partial charge in [0.2, 0.25) is 0 Å². The van der Waals surface area contributed by atoms with Crippen molar-refractivity contribution in [2.75, 3.05) is 14.7 Å². The van der Waals surface area contributed by atoms with Gasteiger partial charge in [0, 0.05) is 65.7 Å². The van der Waals surface area contributed by atoms with Crippen LogP contribution in [0.1, 0.15) is 129 Å². The molecule has 0 bridgehead atoms. The van der Waals surface area contributed by atoms with Crippen molar-refractivity contribution in [2.24, 2.45) is 0 Å². The molecule has 0 spiro atoms. The number of rotatable bonds is 5. The molecule has 3 heterocycles. The molecule has 2 aliphatic heterocycles. The van der Waals surface area contributed by atoms with E-state index in [1.165, 1.54) is 104 Å². The monoisotopic (exact) mass is 970 g/mol. The molecular formula is C68H68BN3S. The zero-order valence-electron chi connectivity index (χ0n) is 45.0. The molecule has 0 unspecified atom stereocenters. The van der Waals surface area contributed by atoms with Crippen LogP contribution in [0.4, 0.5) is 51.2 Å². The fraction of sp³-hybridized carbons (Fsp3) is 0.294. The van der Waals surface area contributed by atoms with Crippen LogP contribution in [0, 0.1) is 6.92 Å². The van der Waals surface area contributed by atoms with Crippen molar-refractivity contribution in [3.05, 3.63) is 191 Å². The van der Waals surface area contributed by atoms with Gasteiger partial charge in [0.05, 0.1) is 5.69 Å². The molecule has 73 heavy (non-hydrogen) atoms. The molecular weight excluding hydrogens is 902 g/mol. The van der Waals surface area contributed by atoms with Gasteiger partial charge in [0.25, 0.3) is 6.71 Å². The SMILES string of the molecule is Cc1cc2c(cc1N1c3cc4c(cc3B3c5ccc(N(c6ccccc6)c6ccccc6)cc5N(c5cccc6sc7ccccc7c56)c5cc(C(C)(C)C)cc1c53)C(C)(C)CCC4(C)C)C(C)(C)CC2(C)C. The minimum absolute atomic E-state index is 0.0257. The van der Waals surface area contributed by atoms with E-state index in [1.807, 2.05) is 11.3 Å². The molecule has 0 radical (unpaired) electrons. The number of benzene rings is 8. The Balaban J connectivity index is 1.18. The van der Waals surface area contributed by atoms with Crippen LogP contribution in [0.25, 0.3) is 20.2 Å². The molecule has 0 amide bonds. The minimum Gasteiger partial charge on any atom is -0.311 e. The fourth-order valence-electron chi connectivity index (χ4n) is 14.0. The van der Waals surface area contributed by atoms with Gasteiger partial charge in [-0.1, -0.05) is 155 Å². The third-order valence-corrected chi connectivity index (χ3v) is 18.9. The molecule has 1 aromatic heterocycles. The van der Waals surface area contributed by atoms with E-state index in [9.17, 15) is 0 Å². The summed E-state index contributed by atoms with van der Waals surface area (Å²) in [6, 6.07) is 61.0. The largest absolute Gasteiger partial charge is 0.311 e. The Labute approximate surface area is 438 Å². The van der Waals surface area contributed by atoms with Crippen LogP contribution in [0.3, 0.4) is 0 Å². The summed E-state index contributed by atoms with van der Waals surface area (Å²) in [6.45, 7) is 29.4. The molecule has 9 aromatic rings. The smallest absolute Gasteiger partial charge is 0.252 e. The summed E-state index contributed by atoms with van der Waals surface area (Å²) in [5, 5.41) is 2.61. The Hall–Kier alpha value is -6.56. The maximum Gasteiger partial charge on any atom is 0.252 e. The van der Waals surface area contributed by atoms with E-state index in [-0.39, 0.29) is 33.8 Å². The number of fused-ring (bicyclic) bond motifs is 9. The van der Waals surface area contributed by atoms with Crippen LogP contribution in [0.15, 0.2) is 158 Å². The summed E-state index contributed by atoms with van der Waals surface area (Å²) in [5.74, 6) is 0. The Morgan fingerprint density at radius 3 is 1.64 bits per heavy atom. The third kappa shape index (κ3) is 6.97. The highest BCUT2D eigenvalue weighted by Crippen LogP contribution is 2.56. The number of hydrogen-bond acceptors (Lipinski definition) is 4. The second kappa shape index (κ2) is 15.7. The summed E-state index contributed by atoms with van der Waals surface area (Å²) in [7, 11) is 0. The predicted molar refractivity (Wildman–Crippen MR) is 317 cm³/mol.